The van der Waals surface area contributed by atoms with Crippen LogP contribution in [0.5, 0.6) is 0 Å². The third kappa shape index (κ3) is 1.74. The summed E-state index contributed by atoms with van der Waals surface area (Å²) in [6.45, 7) is 1.73. The van der Waals surface area contributed by atoms with E-state index < -0.39 is 0 Å². The smallest absolute Gasteiger partial charge is 0.0728 e. The normalized spacial score (nSPS) is 20.5. The van der Waals surface area contributed by atoms with Crippen LogP contribution in [0.2, 0.25) is 0 Å². The molecule has 0 atom stereocenters. The number of ether oxygens (including phenoxy) is 1. The van der Waals surface area contributed by atoms with Gasteiger partial charge in [-0.15, -0.1) is 0 Å². The molecule has 1 aliphatic carbocycles. The Morgan fingerprint density at radius 2 is 2.00 bits per heavy atom. The Bertz CT molecular complexity index is 358. The van der Waals surface area contributed by atoms with E-state index in [0.29, 0.717) is 6.04 Å². The second-order valence-electron chi connectivity index (χ2n) is 4.53. The van der Waals surface area contributed by atoms with E-state index in [0.717, 1.165) is 13.2 Å². The van der Waals surface area contributed by atoms with Gasteiger partial charge in [0, 0.05) is 5.69 Å². The molecule has 2 aliphatic rings. The average Bonchev–Trinajstić information content (AvgIpc) is 2.23. The fourth-order valence-electron chi connectivity index (χ4n) is 2.46. The molecule has 0 amide bonds. The zero-order valence-corrected chi connectivity index (χ0v) is 8.96. The highest BCUT2D eigenvalue weighted by Crippen LogP contribution is 2.28. The van der Waals surface area contributed by atoms with E-state index in [-0.39, 0.29) is 0 Å². The fourth-order valence-corrected chi connectivity index (χ4v) is 2.46. The van der Waals surface area contributed by atoms with Gasteiger partial charge < -0.3 is 10.1 Å². The molecule has 2 heteroatoms. The summed E-state index contributed by atoms with van der Waals surface area (Å²) in [7, 11) is 0. The van der Waals surface area contributed by atoms with Gasteiger partial charge in [-0.25, -0.2) is 0 Å². The molecule has 1 heterocycles. The summed E-state index contributed by atoms with van der Waals surface area (Å²) in [6.07, 6.45) is 5.19. The molecule has 0 bridgehead atoms. The lowest BCUT2D eigenvalue weighted by molar-refractivity contribution is 0.0210. The highest BCUT2D eigenvalue weighted by molar-refractivity contribution is 5.56. The van der Waals surface area contributed by atoms with E-state index in [4.69, 9.17) is 4.74 Å². The van der Waals surface area contributed by atoms with Crippen molar-refractivity contribution in [2.75, 3.05) is 18.5 Å². The minimum Gasteiger partial charge on any atom is -0.377 e. The number of aryl methyl sites for hydroxylation is 1. The predicted molar refractivity (Wildman–Crippen MR) is 61.3 cm³/mol. The van der Waals surface area contributed by atoms with Crippen LogP contribution < -0.4 is 5.32 Å². The summed E-state index contributed by atoms with van der Waals surface area (Å²) in [5.41, 5.74) is 4.45. The minimum atomic E-state index is 0.540. The third-order valence-electron chi connectivity index (χ3n) is 3.39. The van der Waals surface area contributed by atoms with Gasteiger partial charge in [0.2, 0.25) is 0 Å². The lowest BCUT2D eigenvalue weighted by Crippen LogP contribution is -2.40. The Labute approximate surface area is 90.6 Å². The van der Waals surface area contributed by atoms with Crippen LogP contribution in [0.1, 0.15) is 24.0 Å². The highest BCUT2D eigenvalue weighted by Gasteiger charge is 2.20. The average molecular weight is 203 g/mol. The predicted octanol–water partition coefficient (Wildman–Crippen LogP) is 2.38. The molecule has 1 N–H and O–H groups in total. The third-order valence-corrected chi connectivity index (χ3v) is 3.39. The maximum absolute atomic E-state index is 5.19. The van der Waals surface area contributed by atoms with E-state index in [1.54, 1.807) is 11.1 Å². The molecule has 0 radical (unpaired) electrons. The topological polar surface area (TPSA) is 21.3 Å². The SMILES string of the molecule is c1cc2c(c(NC3COC3)c1)CCCC2. The van der Waals surface area contributed by atoms with Crippen LogP contribution in [0, 0.1) is 0 Å². The van der Waals surface area contributed by atoms with Crippen molar-refractivity contribution < 1.29 is 4.74 Å². The molecular formula is C13H17NO. The summed E-state index contributed by atoms with van der Waals surface area (Å²) in [5, 5.41) is 3.58. The van der Waals surface area contributed by atoms with E-state index in [1.165, 1.54) is 31.4 Å². The van der Waals surface area contributed by atoms with Gasteiger partial charge in [-0.2, -0.15) is 0 Å². The first-order valence-electron chi connectivity index (χ1n) is 5.88. The molecule has 0 saturated carbocycles. The molecular weight excluding hydrogens is 186 g/mol. The van der Waals surface area contributed by atoms with Crippen molar-refractivity contribution in [1.29, 1.82) is 0 Å². The molecule has 1 saturated heterocycles. The Balaban J connectivity index is 1.85. The van der Waals surface area contributed by atoms with E-state index in [1.807, 2.05) is 0 Å². The van der Waals surface area contributed by atoms with E-state index in [2.05, 4.69) is 23.5 Å². The molecule has 1 fully saturated rings. The van der Waals surface area contributed by atoms with Gasteiger partial charge in [-0.3, -0.25) is 0 Å². The zero-order valence-electron chi connectivity index (χ0n) is 8.96. The maximum Gasteiger partial charge on any atom is 0.0728 e. The lowest BCUT2D eigenvalue weighted by atomic mass is 9.90. The number of anilines is 1. The molecule has 3 rings (SSSR count). The Morgan fingerprint density at radius 1 is 1.13 bits per heavy atom. The first kappa shape index (κ1) is 9.22. The number of benzene rings is 1. The van der Waals surface area contributed by atoms with Gasteiger partial charge in [-0.05, 0) is 42.9 Å². The van der Waals surface area contributed by atoms with E-state index in [9.17, 15) is 0 Å². The maximum atomic E-state index is 5.19. The van der Waals surface area contributed by atoms with Gasteiger partial charge in [0.25, 0.3) is 0 Å². The highest BCUT2D eigenvalue weighted by atomic mass is 16.5. The fraction of sp³-hybridized carbons (Fsp3) is 0.538. The molecule has 0 unspecified atom stereocenters. The first-order valence-corrected chi connectivity index (χ1v) is 5.88. The van der Waals surface area contributed by atoms with E-state index >= 15 is 0 Å². The summed E-state index contributed by atoms with van der Waals surface area (Å²) in [4.78, 5) is 0. The second-order valence-corrected chi connectivity index (χ2v) is 4.53. The van der Waals surface area contributed by atoms with Gasteiger partial charge in [-0.1, -0.05) is 12.1 Å². The molecule has 0 aromatic heterocycles. The second kappa shape index (κ2) is 3.86. The summed E-state index contributed by atoms with van der Waals surface area (Å²) < 4.78 is 5.19. The van der Waals surface area contributed by atoms with Crippen molar-refractivity contribution in [2.24, 2.45) is 0 Å². The number of fused-ring (bicyclic) bond motifs is 1. The van der Waals surface area contributed by atoms with Crippen LogP contribution >= 0.6 is 0 Å². The first-order chi connectivity index (χ1) is 7.43. The Kier molecular flexibility index (Phi) is 2.37. The zero-order chi connectivity index (χ0) is 10.1. The van der Waals surface area contributed by atoms with Crippen molar-refractivity contribution in [3.63, 3.8) is 0 Å². The lowest BCUT2D eigenvalue weighted by Gasteiger charge is -2.30. The van der Waals surface area contributed by atoms with Crippen LogP contribution in [0.15, 0.2) is 18.2 Å². The largest absolute Gasteiger partial charge is 0.377 e. The molecule has 15 heavy (non-hydrogen) atoms. The number of rotatable bonds is 2. The van der Waals surface area contributed by atoms with Crippen LogP contribution in [0.3, 0.4) is 0 Å². The number of nitrogens with one attached hydrogen (secondary N) is 1. The van der Waals surface area contributed by atoms with Crippen molar-refractivity contribution in [3.05, 3.63) is 29.3 Å². The van der Waals surface area contributed by atoms with Crippen molar-refractivity contribution in [1.82, 2.24) is 0 Å². The van der Waals surface area contributed by atoms with Crippen LogP contribution in [0.4, 0.5) is 5.69 Å². The molecule has 1 aromatic rings. The monoisotopic (exact) mass is 203 g/mol. The van der Waals surface area contributed by atoms with Gasteiger partial charge in [0.1, 0.15) is 0 Å². The Hall–Kier alpha value is -1.02. The van der Waals surface area contributed by atoms with Gasteiger partial charge in [0.15, 0.2) is 0 Å². The molecule has 80 valence electrons. The molecule has 1 aromatic carbocycles. The van der Waals surface area contributed by atoms with Crippen molar-refractivity contribution in [3.8, 4) is 0 Å². The van der Waals surface area contributed by atoms with Crippen molar-refractivity contribution in [2.45, 2.75) is 31.7 Å². The van der Waals surface area contributed by atoms with Crippen LogP contribution in [0.25, 0.3) is 0 Å². The van der Waals surface area contributed by atoms with Gasteiger partial charge in [0.05, 0.1) is 19.3 Å². The van der Waals surface area contributed by atoms with Gasteiger partial charge >= 0.3 is 0 Å². The minimum absolute atomic E-state index is 0.540. The number of hydrogen-bond donors (Lipinski definition) is 1. The quantitative estimate of drug-likeness (QED) is 0.796. The summed E-state index contributed by atoms with van der Waals surface area (Å²) in [5.74, 6) is 0. The molecule has 0 spiro atoms. The summed E-state index contributed by atoms with van der Waals surface area (Å²) in [6, 6.07) is 7.20. The number of hydrogen-bond acceptors (Lipinski definition) is 2. The molecule has 2 nitrogen and oxygen atoms in total. The summed E-state index contributed by atoms with van der Waals surface area (Å²) >= 11 is 0. The Morgan fingerprint density at radius 3 is 2.80 bits per heavy atom. The van der Waals surface area contributed by atoms with Crippen LogP contribution in [-0.2, 0) is 17.6 Å². The van der Waals surface area contributed by atoms with Crippen LogP contribution in [-0.4, -0.2) is 19.3 Å². The molecule has 1 aliphatic heterocycles. The van der Waals surface area contributed by atoms with Crippen molar-refractivity contribution >= 4 is 5.69 Å². The standard InChI is InChI=1S/C13H17NO/c1-2-6-12-10(4-1)5-3-7-13(12)14-11-8-15-9-11/h3,5,7,11,14H,1-2,4,6,8-9H2.